The number of nitrogens with zero attached hydrogens (tertiary/aromatic N) is 2. The van der Waals surface area contributed by atoms with Crippen molar-refractivity contribution in [3.63, 3.8) is 0 Å². The molecule has 1 saturated heterocycles. The maximum Gasteiger partial charge on any atom is 0.293 e. The van der Waals surface area contributed by atoms with Crippen LogP contribution in [0.3, 0.4) is 0 Å². The van der Waals surface area contributed by atoms with E-state index < -0.39 is 16.1 Å². The van der Waals surface area contributed by atoms with Crippen LogP contribution in [0, 0.1) is 10.1 Å². The molecule has 9 heteroatoms. The molecule has 0 unspecified atom stereocenters. The summed E-state index contributed by atoms with van der Waals surface area (Å²) in [6.07, 6.45) is 1.59. The second-order valence-corrected chi connectivity index (χ2v) is 6.99. The molecule has 0 N–H and O–H groups in total. The molecule has 3 rings (SSSR count). The Morgan fingerprint density at radius 2 is 1.93 bits per heavy atom. The van der Waals surface area contributed by atoms with Gasteiger partial charge in [0, 0.05) is 11.6 Å². The van der Waals surface area contributed by atoms with Crippen LogP contribution in [0.2, 0.25) is 0 Å². The lowest BCUT2D eigenvalue weighted by Gasteiger charge is -2.12. The molecule has 0 spiro atoms. The number of amides is 2. The normalized spacial score (nSPS) is 15.1. The Labute approximate surface area is 171 Å². The summed E-state index contributed by atoms with van der Waals surface area (Å²) in [5.74, 6) is 0.599. The molecular formula is C20H18N2O6S. The molecule has 8 nitrogen and oxygen atoms in total. The molecule has 0 atom stereocenters. The van der Waals surface area contributed by atoms with E-state index in [4.69, 9.17) is 9.47 Å². The van der Waals surface area contributed by atoms with Crippen LogP contribution in [0.15, 0.2) is 47.4 Å². The first kappa shape index (κ1) is 20.4. The number of nitro benzene ring substituents is 1. The summed E-state index contributed by atoms with van der Waals surface area (Å²) >= 11 is 0.795. The number of nitro groups is 1. The molecule has 1 aliphatic rings. The smallest absolute Gasteiger partial charge is 0.293 e. The van der Waals surface area contributed by atoms with Crippen LogP contribution in [-0.2, 0) is 11.3 Å². The third kappa shape index (κ3) is 4.40. The van der Waals surface area contributed by atoms with Gasteiger partial charge in [0.15, 0.2) is 11.5 Å². The van der Waals surface area contributed by atoms with Crippen LogP contribution in [0.25, 0.3) is 6.08 Å². The molecule has 29 heavy (non-hydrogen) atoms. The lowest BCUT2D eigenvalue weighted by molar-refractivity contribution is -0.385. The molecule has 1 aliphatic heterocycles. The van der Waals surface area contributed by atoms with Crippen molar-refractivity contribution in [1.82, 2.24) is 4.90 Å². The fourth-order valence-electron chi connectivity index (χ4n) is 2.83. The fraction of sp³-hybridized carbons (Fsp3) is 0.200. The van der Waals surface area contributed by atoms with Crippen molar-refractivity contribution < 1.29 is 24.0 Å². The molecule has 2 aromatic carbocycles. The van der Waals surface area contributed by atoms with Gasteiger partial charge in [0.05, 0.1) is 30.1 Å². The number of carbonyl (C=O) groups is 2. The first-order valence-electron chi connectivity index (χ1n) is 8.73. The molecule has 1 heterocycles. The monoisotopic (exact) mass is 414 g/mol. The largest absolute Gasteiger partial charge is 0.493 e. The lowest BCUT2D eigenvalue weighted by Crippen LogP contribution is -2.27. The van der Waals surface area contributed by atoms with Gasteiger partial charge in [0.1, 0.15) is 0 Å². The fourth-order valence-corrected chi connectivity index (χ4v) is 3.67. The van der Waals surface area contributed by atoms with Crippen LogP contribution in [0.1, 0.15) is 18.1 Å². The molecular weight excluding hydrogens is 396 g/mol. The Hall–Kier alpha value is -3.33. The van der Waals surface area contributed by atoms with Gasteiger partial charge in [-0.2, -0.15) is 0 Å². The number of benzene rings is 2. The molecule has 0 aliphatic carbocycles. The van der Waals surface area contributed by atoms with Crippen molar-refractivity contribution >= 4 is 34.7 Å². The Balaban J connectivity index is 1.85. The van der Waals surface area contributed by atoms with Gasteiger partial charge in [-0.3, -0.25) is 24.6 Å². The van der Waals surface area contributed by atoms with Crippen LogP contribution in [0.5, 0.6) is 11.5 Å². The van der Waals surface area contributed by atoms with E-state index in [9.17, 15) is 19.7 Å². The van der Waals surface area contributed by atoms with Gasteiger partial charge in [0.25, 0.3) is 16.8 Å². The van der Waals surface area contributed by atoms with Crippen molar-refractivity contribution in [2.24, 2.45) is 0 Å². The van der Waals surface area contributed by atoms with E-state index in [1.165, 1.54) is 25.3 Å². The van der Waals surface area contributed by atoms with Crippen molar-refractivity contribution in [3.05, 3.63) is 68.6 Å². The Bertz CT molecular complexity index is 1000. The van der Waals surface area contributed by atoms with Crippen LogP contribution >= 0.6 is 11.8 Å². The van der Waals surface area contributed by atoms with Crippen molar-refractivity contribution in [2.45, 2.75) is 13.5 Å². The topological polar surface area (TPSA) is 99.0 Å². The number of methoxy groups -OCH3 is 1. The molecule has 1 fully saturated rings. The minimum Gasteiger partial charge on any atom is -0.493 e. The zero-order chi connectivity index (χ0) is 21.0. The summed E-state index contributed by atoms with van der Waals surface area (Å²) in [4.78, 5) is 37.0. The van der Waals surface area contributed by atoms with Gasteiger partial charge < -0.3 is 9.47 Å². The number of imide groups is 1. The van der Waals surface area contributed by atoms with Gasteiger partial charge >= 0.3 is 0 Å². The predicted octanol–water partition coefficient (Wildman–Crippen LogP) is 4.24. The standard InChI is InChI=1S/C20H18N2O6S/c1-3-28-16-9-8-13(10-17(16)27-2)11-18-19(23)21(20(24)29-18)12-14-6-4-5-7-15(14)22(25)26/h4-11H,3,12H2,1-2H3/b18-11-. The van der Waals surface area contributed by atoms with E-state index in [1.807, 2.05) is 6.92 Å². The van der Waals surface area contributed by atoms with E-state index in [-0.39, 0.29) is 17.1 Å². The minimum atomic E-state index is -0.531. The molecule has 2 amide bonds. The maximum atomic E-state index is 12.7. The van der Waals surface area contributed by atoms with Gasteiger partial charge in [-0.1, -0.05) is 24.3 Å². The Morgan fingerprint density at radius 1 is 1.17 bits per heavy atom. The molecule has 0 aromatic heterocycles. The number of hydrogen-bond acceptors (Lipinski definition) is 7. The van der Waals surface area contributed by atoms with Crippen molar-refractivity contribution in [1.29, 1.82) is 0 Å². The second kappa shape index (κ2) is 8.78. The summed E-state index contributed by atoms with van der Waals surface area (Å²) < 4.78 is 10.8. The summed E-state index contributed by atoms with van der Waals surface area (Å²) in [6, 6.07) is 11.2. The van der Waals surface area contributed by atoms with Crippen molar-refractivity contribution in [3.8, 4) is 11.5 Å². The maximum absolute atomic E-state index is 12.7. The second-order valence-electron chi connectivity index (χ2n) is 6.00. The van der Waals surface area contributed by atoms with Crippen molar-refractivity contribution in [2.75, 3.05) is 13.7 Å². The third-order valence-electron chi connectivity index (χ3n) is 4.18. The molecule has 150 valence electrons. The summed E-state index contributed by atoms with van der Waals surface area (Å²) in [5, 5.41) is 10.7. The number of hydrogen-bond donors (Lipinski definition) is 0. The molecule has 2 aromatic rings. The average Bonchev–Trinajstić information content (AvgIpc) is 2.97. The Morgan fingerprint density at radius 3 is 2.62 bits per heavy atom. The lowest BCUT2D eigenvalue weighted by atomic mass is 10.1. The first-order valence-corrected chi connectivity index (χ1v) is 9.54. The minimum absolute atomic E-state index is 0.133. The summed E-state index contributed by atoms with van der Waals surface area (Å²) in [6.45, 7) is 2.19. The molecule has 0 saturated carbocycles. The summed E-state index contributed by atoms with van der Waals surface area (Å²) in [7, 11) is 1.52. The third-order valence-corrected chi connectivity index (χ3v) is 5.08. The molecule has 0 bridgehead atoms. The Kier molecular flexibility index (Phi) is 6.18. The van der Waals surface area contributed by atoms with Crippen LogP contribution in [-0.4, -0.2) is 34.7 Å². The van der Waals surface area contributed by atoms with Gasteiger partial charge in [-0.15, -0.1) is 0 Å². The predicted molar refractivity (Wildman–Crippen MR) is 109 cm³/mol. The van der Waals surface area contributed by atoms with Crippen LogP contribution < -0.4 is 9.47 Å². The van der Waals surface area contributed by atoms with E-state index in [0.717, 1.165) is 16.7 Å². The zero-order valence-electron chi connectivity index (χ0n) is 15.8. The number of rotatable bonds is 7. The van der Waals surface area contributed by atoms with E-state index in [1.54, 1.807) is 30.3 Å². The number of thioether (sulfide) groups is 1. The van der Waals surface area contributed by atoms with E-state index >= 15 is 0 Å². The highest BCUT2D eigenvalue weighted by Crippen LogP contribution is 2.36. The van der Waals surface area contributed by atoms with Gasteiger partial charge in [-0.05, 0) is 42.5 Å². The first-order chi connectivity index (χ1) is 13.9. The highest BCUT2D eigenvalue weighted by molar-refractivity contribution is 8.18. The summed E-state index contributed by atoms with van der Waals surface area (Å²) in [5.41, 5.74) is 0.831. The van der Waals surface area contributed by atoms with E-state index in [0.29, 0.717) is 29.2 Å². The number of ether oxygens (including phenoxy) is 2. The van der Waals surface area contributed by atoms with Gasteiger partial charge in [-0.25, -0.2) is 0 Å². The average molecular weight is 414 g/mol. The number of carbonyl (C=O) groups excluding carboxylic acids is 2. The highest BCUT2D eigenvalue weighted by Gasteiger charge is 2.36. The zero-order valence-corrected chi connectivity index (χ0v) is 16.6. The van der Waals surface area contributed by atoms with E-state index in [2.05, 4.69) is 0 Å². The van der Waals surface area contributed by atoms with Gasteiger partial charge in [0.2, 0.25) is 0 Å². The number of para-hydroxylation sites is 1. The molecule has 0 radical (unpaired) electrons. The van der Waals surface area contributed by atoms with Crippen LogP contribution in [0.4, 0.5) is 10.5 Å². The SMILES string of the molecule is CCOc1ccc(/C=C2\SC(=O)N(Cc3ccccc3[N+](=O)[O-])C2=O)cc1OC. The highest BCUT2D eigenvalue weighted by atomic mass is 32.2. The quantitative estimate of drug-likeness (QED) is 0.380.